The van der Waals surface area contributed by atoms with Gasteiger partial charge in [0.1, 0.15) is 0 Å². The van der Waals surface area contributed by atoms with Crippen molar-refractivity contribution in [1.29, 1.82) is 0 Å². The average Bonchev–Trinajstić information content (AvgIpc) is 2.60. The molecule has 0 aliphatic carbocycles. The molecule has 3 atom stereocenters. The highest BCUT2D eigenvalue weighted by Crippen LogP contribution is 2.23. The van der Waals surface area contributed by atoms with Gasteiger partial charge in [-0.1, -0.05) is 0 Å². The SMILES string of the molecule is COCCCC(NN)C1CCC(C)O1. The van der Waals surface area contributed by atoms with Crippen molar-refractivity contribution in [2.24, 2.45) is 5.84 Å². The Balaban J connectivity index is 2.23. The number of hydrazine groups is 1. The first-order chi connectivity index (χ1) is 6.77. The Labute approximate surface area is 86.1 Å². The van der Waals surface area contributed by atoms with Crippen LogP contribution >= 0.6 is 0 Å². The highest BCUT2D eigenvalue weighted by molar-refractivity contribution is 4.81. The second-order valence-corrected chi connectivity index (χ2v) is 3.97. The highest BCUT2D eigenvalue weighted by Gasteiger charge is 2.28. The maximum atomic E-state index is 5.76. The van der Waals surface area contributed by atoms with Crippen molar-refractivity contribution in [2.45, 2.75) is 50.9 Å². The number of ether oxygens (including phenoxy) is 2. The maximum absolute atomic E-state index is 5.76. The predicted molar refractivity (Wildman–Crippen MR) is 55.8 cm³/mol. The van der Waals surface area contributed by atoms with Crippen LogP contribution in [0.4, 0.5) is 0 Å². The van der Waals surface area contributed by atoms with Crippen LogP contribution in [-0.4, -0.2) is 32.0 Å². The van der Waals surface area contributed by atoms with Gasteiger partial charge in [-0.15, -0.1) is 0 Å². The van der Waals surface area contributed by atoms with E-state index >= 15 is 0 Å². The fourth-order valence-electron chi connectivity index (χ4n) is 1.95. The second kappa shape index (κ2) is 6.35. The van der Waals surface area contributed by atoms with Crippen molar-refractivity contribution in [3.8, 4) is 0 Å². The largest absolute Gasteiger partial charge is 0.385 e. The van der Waals surface area contributed by atoms with E-state index in [0.29, 0.717) is 6.10 Å². The summed E-state index contributed by atoms with van der Waals surface area (Å²) in [5.41, 5.74) is 2.84. The summed E-state index contributed by atoms with van der Waals surface area (Å²) in [6.07, 6.45) is 4.97. The summed E-state index contributed by atoms with van der Waals surface area (Å²) in [5.74, 6) is 5.51. The molecule has 4 heteroatoms. The van der Waals surface area contributed by atoms with Gasteiger partial charge in [-0.05, 0) is 32.6 Å². The first kappa shape index (κ1) is 11.9. The Morgan fingerprint density at radius 2 is 2.36 bits per heavy atom. The molecular formula is C10H22N2O2. The van der Waals surface area contributed by atoms with Gasteiger partial charge in [-0.2, -0.15) is 0 Å². The Kier molecular flexibility index (Phi) is 5.40. The van der Waals surface area contributed by atoms with Crippen molar-refractivity contribution in [3.05, 3.63) is 0 Å². The smallest absolute Gasteiger partial charge is 0.0746 e. The van der Waals surface area contributed by atoms with Gasteiger partial charge < -0.3 is 9.47 Å². The Bertz CT molecular complexity index is 155. The zero-order valence-corrected chi connectivity index (χ0v) is 9.16. The molecule has 3 unspecified atom stereocenters. The molecule has 0 bridgehead atoms. The molecule has 0 aromatic rings. The molecule has 4 nitrogen and oxygen atoms in total. The fourth-order valence-corrected chi connectivity index (χ4v) is 1.95. The van der Waals surface area contributed by atoms with Crippen LogP contribution in [0.1, 0.15) is 32.6 Å². The van der Waals surface area contributed by atoms with E-state index < -0.39 is 0 Å². The van der Waals surface area contributed by atoms with Crippen LogP contribution in [0.5, 0.6) is 0 Å². The van der Waals surface area contributed by atoms with E-state index in [1.54, 1.807) is 7.11 Å². The molecule has 0 saturated carbocycles. The molecular weight excluding hydrogens is 180 g/mol. The molecule has 0 aromatic heterocycles. The van der Waals surface area contributed by atoms with Crippen LogP contribution in [0.15, 0.2) is 0 Å². The third-order valence-electron chi connectivity index (χ3n) is 2.79. The molecule has 1 aliphatic heterocycles. The zero-order chi connectivity index (χ0) is 10.4. The minimum absolute atomic E-state index is 0.273. The first-order valence-electron chi connectivity index (χ1n) is 5.38. The zero-order valence-electron chi connectivity index (χ0n) is 9.16. The van der Waals surface area contributed by atoms with Crippen LogP contribution in [0, 0.1) is 0 Å². The molecule has 1 saturated heterocycles. The average molecular weight is 202 g/mol. The molecule has 1 heterocycles. The molecule has 1 aliphatic rings. The molecule has 3 N–H and O–H groups in total. The van der Waals surface area contributed by atoms with Crippen LogP contribution in [0.3, 0.4) is 0 Å². The van der Waals surface area contributed by atoms with Gasteiger partial charge in [0.15, 0.2) is 0 Å². The normalized spacial score (nSPS) is 29.4. The van der Waals surface area contributed by atoms with Crippen molar-refractivity contribution >= 4 is 0 Å². The van der Waals surface area contributed by atoms with E-state index in [1.165, 1.54) is 0 Å². The molecule has 14 heavy (non-hydrogen) atoms. The van der Waals surface area contributed by atoms with Crippen molar-refractivity contribution in [2.75, 3.05) is 13.7 Å². The van der Waals surface area contributed by atoms with Crippen molar-refractivity contribution in [1.82, 2.24) is 5.43 Å². The lowest BCUT2D eigenvalue weighted by Gasteiger charge is -2.22. The Hall–Kier alpha value is -0.160. The number of rotatable bonds is 6. The van der Waals surface area contributed by atoms with Gasteiger partial charge in [0.25, 0.3) is 0 Å². The summed E-state index contributed by atoms with van der Waals surface area (Å²) < 4.78 is 10.8. The minimum atomic E-state index is 0.273. The predicted octanol–water partition coefficient (Wildman–Crippen LogP) is 0.812. The van der Waals surface area contributed by atoms with Gasteiger partial charge in [0.2, 0.25) is 0 Å². The topological polar surface area (TPSA) is 56.5 Å². The quantitative estimate of drug-likeness (QED) is 0.380. The van der Waals surface area contributed by atoms with E-state index in [2.05, 4.69) is 12.3 Å². The van der Waals surface area contributed by atoms with Gasteiger partial charge in [0.05, 0.1) is 12.2 Å². The third-order valence-corrected chi connectivity index (χ3v) is 2.79. The standard InChI is InChI=1S/C10H22N2O2/c1-8-5-6-10(14-8)9(12-11)4-3-7-13-2/h8-10,12H,3-7,11H2,1-2H3. The minimum Gasteiger partial charge on any atom is -0.385 e. The number of nitrogens with one attached hydrogen (secondary N) is 1. The van der Waals surface area contributed by atoms with Crippen LogP contribution < -0.4 is 11.3 Å². The van der Waals surface area contributed by atoms with E-state index in [0.717, 1.165) is 32.3 Å². The van der Waals surface area contributed by atoms with Crippen LogP contribution in [-0.2, 0) is 9.47 Å². The summed E-state index contributed by atoms with van der Waals surface area (Å²) in [4.78, 5) is 0. The lowest BCUT2D eigenvalue weighted by atomic mass is 10.0. The van der Waals surface area contributed by atoms with Gasteiger partial charge >= 0.3 is 0 Å². The first-order valence-corrected chi connectivity index (χ1v) is 5.38. The number of hydrogen-bond donors (Lipinski definition) is 2. The Morgan fingerprint density at radius 3 is 2.86 bits per heavy atom. The van der Waals surface area contributed by atoms with E-state index in [9.17, 15) is 0 Å². The molecule has 1 rings (SSSR count). The molecule has 84 valence electrons. The van der Waals surface area contributed by atoms with Gasteiger partial charge in [-0.25, -0.2) is 0 Å². The number of methoxy groups -OCH3 is 1. The number of nitrogens with two attached hydrogens (primary N) is 1. The summed E-state index contributed by atoms with van der Waals surface area (Å²) in [6, 6.07) is 0.273. The lowest BCUT2D eigenvalue weighted by Crippen LogP contribution is -2.44. The molecule has 0 spiro atoms. The lowest BCUT2D eigenvalue weighted by molar-refractivity contribution is 0.0280. The highest BCUT2D eigenvalue weighted by atomic mass is 16.5. The molecule has 1 fully saturated rings. The van der Waals surface area contributed by atoms with Crippen LogP contribution in [0.25, 0.3) is 0 Å². The fraction of sp³-hybridized carbons (Fsp3) is 1.00. The molecule has 0 radical (unpaired) electrons. The van der Waals surface area contributed by atoms with Gasteiger partial charge in [0, 0.05) is 19.8 Å². The summed E-state index contributed by atoms with van der Waals surface area (Å²) >= 11 is 0. The van der Waals surface area contributed by atoms with E-state index in [1.807, 2.05) is 0 Å². The van der Waals surface area contributed by atoms with Crippen molar-refractivity contribution in [3.63, 3.8) is 0 Å². The van der Waals surface area contributed by atoms with Crippen molar-refractivity contribution < 1.29 is 9.47 Å². The number of hydrogen-bond acceptors (Lipinski definition) is 4. The molecule has 0 aromatic carbocycles. The van der Waals surface area contributed by atoms with Gasteiger partial charge in [-0.3, -0.25) is 11.3 Å². The van der Waals surface area contributed by atoms with E-state index in [4.69, 9.17) is 15.3 Å². The summed E-state index contributed by atoms with van der Waals surface area (Å²) in [6.45, 7) is 2.91. The van der Waals surface area contributed by atoms with E-state index in [-0.39, 0.29) is 12.1 Å². The monoisotopic (exact) mass is 202 g/mol. The molecule has 0 amide bonds. The maximum Gasteiger partial charge on any atom is 0.0746 e. The Morgan fingerprint density at radius 1 is 1.57 bits per heavy atom. The second-order valence-electron chi connectivity index (χ2n) is 3.97. The van der Waals surface area contributed by atoms with Crippen LogP contribution in [0.2, 0.25) is 0 Å². The summed E-state index contributed by atoms with van der Waals surface area (Å²) in [5, 5.41) is 0. The summed E-state index contributed by atoms with van der Waals surface area (Å²) in [7, 11) is 1.72. The third kappa shape index (κ3) is 3.53.